The van der Waals surface area contributed by atoms with E-state index >= 15 is 0 Å². The average molecular weight is 547 g/mol. The lowest BCUT2D eigenvalue weighted by molar-refractivity contribution is -0.121. The fourth-order valence-corrected chi connectivity index (χ4v) is 5.36. The SMILES string of the molecule is CCN(Cc1cc(C(=O)Oc2cccc([C@H](C3CC3)[C@H](C)C(C)=O)c2)ccc1-c1cc(OC)ncc1F)C(C)C. The third-order valence-electron chi connectivity index (χ3n) is 7.94. The topological polar surface area (TPSA) is 68.7 Å². The predicted molar refractivity (Wildman–Crippen MR) is 154 cm³/mol. The number of hydrogen-bond acceptors (Lipinski definition) is 6. The van der Waals surface area contributed by atoms with E-state index in [1.54, 1.807) is 37.3 Å². The number of ether oxygens (including phenoxy) is 2. The fourth-order valence-electron chi connectivity index (χ4n) is 5.36. The van der Waals surface area contributed by atoms with Crippen molar-refractivity contribution in [3.05, 3.63) is 77.2 Å². The third kappa shape index (κ3) is 6.76. The third-order valence-corrected chi connectivity index (χ3v) is 7.94. The van der Waals surface area contributed by atoms with Crippen LogP contribution in [0.3, 0.4) is 0 Å². The number of carbonyl (C=O) groups is 2. The van der Waals surface area contributed by atoms with Crippen molar-refractivity contribution in [3.8, 4) is 22.8 Å². The summed E-state index contributed by atoms with van der Waals surface area (Å²) in [5, 5.41) is 0. The van der Waals surface area contributed by atoms with Crippen molar-refractivity contribution in [1.29, 1.82) is 0 Å². The van der Waals surface area contributed by atoms with Gasteiger partial charge in [-0.2, -0.15) is 0 Å². The van der Waals surface area contributed by atoms with E-state index in [0.717, 1.165) is 36.7 Å². The molecule has 1 heterocycles. The van der Waals surface area contributed by atoms with E-state index in [-0.39, 0.29) is 23.7 Å². The smallest absolute Gasteiger partial charge is 0.343 e. The lowest BCUT2D eigenvalue weighted by Crippen LogP contribution is -2.30. The Morgan fingerprint density at radius 1 is 1.07 bits per heavy atom. The molecule has 4 rings (SSSR count). The van der Waals surface area contributed by atoms with Gasteiger partial charge in [0.05, 0.1) is 18.9 Å². The summed E-state index contributed by atoms with van der Waals surface area (Å²) in [7, 11) is 1.49. The number of Topliss-reactive ketones (excluding diaryl/α,β-unsaturated/α-hetero) is 1. The van der Waals surface area contributed by atoms with Crippen molar-refractivity contribution < 1.29 is 23.5 Å². The van der Waals surface area contributed by atoms with E-state index in [1.165, 1.54) is 7.11 Å². The van der Waals surface area contributed by atoms with Crippen LogP contribution in [0.15, 0.2) is 54.7 Å². The van der Waals surface area contributed by atoms with Gasteiger partial charge >= 0.3 is 5.97 Å². The first-order valence-electron chi connectivity index (χ1n) is 14.0. The molecule has 7 heteroatoms. The number of pyridine rings is 1. The second kappa shape index (κ2) is 12.7. The van der Waals surface area contributed by atoms with Gasteiger partial charge < -0.3 is 9.47 Å². The summed E-state index contributed by atoms with van der Waals surface area (Å²) in [5.74, 6) is 0.461. The summed E-state index contributed by atoms with van der Waals surface area (Å²) in [6.07, 6.45) is 3.36. The first kappa shape index (κ1) is 29.4. The summed E-state index contributed by atoms with van der Waals surface area (Å²) in [6.45, 7) is 11.2. The second-order valence-electron chi connectivity index (χ2n) is 11.0. The maximum atomic E-state index is 14.9. The van der Waals surface area contributed by atoms with Gasteiger partial charge in [0.15, 0.2) is 0 Å². The van der Waals surface area contributed by atoms with Gasteiger partial charge in [-0.05, 0) is 92.9 Å². The Morgan fingerprint density at radius 2 is 1.82 bits per heavy atom. The van der Waals surface area contributed by atoms with Gasteiger partial charge in [-0.1, -0.05) is 32.0 Å². The molecule has 40 heavy (non-hydrogen) atoms. The molecule has 0 bridgehead atoms. The van der Waals surface area contributed by atoms with Crippen LogP contribution in [-0.4, -0.2) is 41.3 Å². The number of methoxy groups -OCH3 is 1. The number of hydrogen-bond donors (Lipinski definition) is 0. The number of benzene rings is 2. The molecule has 212 valence electrons. The zero-order valence-corrected chi connectivity index (χ0v) is 24.2. The van der Waals surface area contributed by atoms with Gasteiger partial charge in [-0.15, -0.1) is 0 Å². The van der Waals surface area contributed by atoms with Crippen LogP contribution in [0.25, 0.3) is 11.1 Å². The molecule has 2 aromatic carbocycles. The maximum absolute atomic E-state index is 14.9. The molecule has 1 aromatic heterocycles. The second-order valence-corrected chi connectivity index (χ2v) is 11.0. The van der Waals surface area contributed by atoms with Crippen molar-refractivity contribution in [2.75, 3.05) is 13.7 Å². The standard InChI is InChI=1S/C33H39FN2O4/c1-7-36(20(2)3)19-26-15-25(13-14-28(26)29-17-31(39-6)35-18-30(29)34)33(38)40-27-10-8-9-24(16-27)32(23-11-12-23)21(4)22(5)37/h8-10,13-18,20-21,23,32H,7,11-12,19H2,1-6H3/t21-,32+/m1/s1. The van der Waals surface area contributed by atoms with Crippen molar-refractivity contribution in [3.63, 3.8) is 0 Å². The number of ketones is 1. The van der Waals surface area contributed by atoms with E-state index in [1.807, 2.05) is 25.1 Å². The Morgan fingerprint density at radius 3 is 2.45 bits per heavy atom. The highest BCUT2D eigenvalue weighted by Gasteiger charge is 2.37. The van der Waals surface area contributed by atoms with E-state index in [0.29, 0.717) is 40.8 Å². The van der Waals surface area contributed by atoms with Crippen molar-refractivity contribution >= 4 is 11.8 Å². The first-order valence-corrected chi connectivity index (χ1v) is 14.0. The van der Waals surface area contributed by atoms with Gasteiger partial charge in [0, 0.05) is 30.1 Å². The normalized spacial score (nSPS) is 14.7. The van der Waals surface area contributed by atoms with Crippen LogP contribution in [0.2, 0.25) is 0 Å². The Hall–Kier alpha value is -3.58. The number of aromatic nitrogens is 1. The molecule has 1 aliphatic carbocycles. The van der Waals surface area contributed by atoms with E-state index in [9.17, 15) is 14.0 Å². The summed E-state index contributed by atoms with van der Waals surface area (Å²) in [6, 6.07) is 14.5. The highest BCUT2D eigenvalue weighted by Crippen LogP contribution is 2.47. The Kier molecular flexibility index (Phi) is 9.36. The monoisotopic (exact) mass is 546 g/mol. The molecule has 6 nitrogen and oxygen atoms in total. The minimum Gasteiger partial charge on any atom is -0.481 e. The van der Waals surface area contributed by atoms with Crippen LogP contribution in [0.1, 0.15) is 74.9 Å². The molecule has 0 radical (unpaired) electrons. The molecule has 0 aliphatic heterocycles. The number of halogens is 1. The molecule has 3 aromatic rings. The number of rotatable bonds is 12. The first-order chi connectivity index (χ1) is 19.1. The van der Waals surface area contributed by atoms with Crippen molar-refractivity contribution in [1.82, 2.24) is 9.88 Å². The van der Waals surface area contributed by atoms with Gasteiger partial charge in [-0.3, -0.25) is 9.69 Å². The number of esters is 1. The summed E-state index contributed by atoms with van der Waals surface area (Å²) < 4.78 is 26.0. The van der Waals surface area contributed by atoms with Gasteiger partial charge in [-0.25, -0.2) is 14.2 Å². The molecule has 1 aliphatic rings. The van der Waals surface area contributed by atoms with E-state index in [2.05, 4.69) is 30.7 Å². The van der Waals surface area contributed by atoms with E-state index < -0.39 is 11.8 Å². The fraction of sp³-hybridized carbons (Fsp3) is 0.424. The maximum Gasteiger partial charge on any atom is 0.343 e. The van der Waals surface area contributed by atoms with Crippen LogP contribution in [0, 0.1) is 17.7 Å². The minimum atomic E-state index is -0.493. The lowest BCUT2D eigenvalue weighted by atomic mass is 9.81. The molecule has 1 fully saturated rings. The van der Waals surface area contributed by atoms with Crippen LogP contribution in [-0.2, 0) is 11.3 Å². The Labute approximate surface area is 236 Å². The molecular weight excluding hydrogens is 507 g/mol. The minimum absolute atomic E-state index is 0.0942. The number of carbonyl (C=O) groups excluding carboxylic acids is 2. The van der Waals surface area contributed by atoms with Gasteiger partial charge in [0.2, 0.25) is 5.88 Å². The summed E-state index contributed by atoms with van der Waals surface area (Å²) in [5.41, 5.74) is 3.22. The van der Waals surface area contributed by atoms with Crippen LogP contribution in [0.5, 0.6) is 11.6 Å². The molecule has 1 saturated carbocycles. The van der Waals surface area contributed by atoms with Crippen LogP contribution in [0.4, 0.5) is 4.39 Å². The molecular formula is C33H39FN2O4. The zero-order chi connectivity index (χ0) is 29.0. The predicted octanol–water partition coefficient (Wildman–Crippen LogP) is 7.06. The number of nitrogens with zero attached hydrogens (tertiary/aromatic N) is 2. The molecule has 0 N–H and O–H groups in total. The quantitative estimate of drug-likeness (QED) is 0.179. The molecule has 2 atom stereocenters. The average Bonchev–Trinajstić information content (AvgIpc) is 3.77. The Balaban J connectivity index is 1.66. The highest BCUT2D eigenvalue weighted by molar-refractivity contribution is 5.92. The van der Waals surface area contributed by atoms with Gasteiger partial charge in [0.1, 0.15) is 17.3 Å². The van der Waals surface area contributed by atoms with E-state index in [4.69, 9.17) is 9.47 Å². The molecule has 0 unspecified atom stereocenters. The molecule has 0 amide bonds. The van der Waals surface area contributed by atoms with Gasteiger partial charge in [0.25, 0.3) is 0 Å². The van der Waals surface area contributed by atoms with Crippen molar-refractivity contribution in [2.24, 2.45) is 11.8 Å². The molecule has 0 saturated heterocycles. The largest absolute Gasteiger partial charge is 0.481 e. The zero-order valence-electron chi connectivity index (χ0n) is 24.2. The van der Waals surface area contributed by atoms with Crippen LogP contribution >= 0.6 is 0 Å². The highest BCUT2D eigenvalue weighted by atomic mass is 19.1. The Bertz CT molecular complexity index is 1370. The lowest BCUT2D eigenvalue weighted by Gasteiger charge is -2.26. The summed E-state index contributed by atoms with van der Waals surface area (Å²) >= 11 is 0. The van der Waals surface area contributed by atoms with Crippen molar-refractivity contribution in [2.45, 2.75) is 66.0 Å². The summed E-state index contributed by atoms with van der Waals surface area (Å²) in [4.78, 5) is 31.7. The van der Waals surface area contributed by atoms with Crippen LogP contribution < -0.4 is 9.47 Å². The molecule has 0 spiro atoms.